The predicted molar refractivity (Wildman–Crippen MR) is 43.6 cm³/mol. The maximum atomic E-state index is 11.0. The zero-order chi connectivity index (χ0) is 10.3. The third kappa shape index (κ3) is 3.31. The first-order valence-corrected chi connectivity index (χ1v) is 3.49. The van der Waals surface area contributed by atoms with Crippen molar-refractivity contribution >= 4 is 11.9 Å². The quantitative estimate of drug-likeness (QED) is 0.355. The third-order valence-electron chi connectivity index (χ3n) is 1.30. The minimum absolute atomic E-state index is 0.223. The molecule has 0 unspecified atom stereocenters. The van der Waals surface area contributed by atoms with E-state index in [1.54, 1.807) is 19.1 Å². The van der Waals surface area contributed by atoms with E-state index in [-0.39, 0.29) is 6.42 Å². The van der Waals surface area contributed by atoms with Crippen LogP contribution < -0.4 is 0 Å². The lowest BCUT2D eigenvalue weighted by Crippen LogP contribution is -2.25. The minimum Gasteiger partial charge on any atom is -0.372 e. The second-order valence-corrected chi connectivity index (χ2v) is 2.04. The Morgan fingerprint density at radius 2 is 1.62 bits per heavy atom. The fourth-order valence-electron chi connectivity index (χ4n) is 0.688. The number of hydrogen-bond donors (Lipinski definition) is 0. The smallest absolute Gasteiger partial charge is 0.334 e. The van der Waals surface area contributed by atoms with Gasteiger partial charge in [0.25, 0.3) is 0 Å². The lowest BCUT2D eigenvalue weighted by molar-refractivity contribution is -0.154. The van der Waals surface area contributed by atoms with Gasteiger partial charge in [0.15, 0.2) is 5.92 Å². The zero-order valence-corrected chi connectivity index (χ0v) is 7.07. The fourth-order valence-corrected chi connectivity index (χ4v) is 0.688. The van der Waals surface area contributed by atoms with Gasteiger partial charge in [-0.1, -0.05) is 19.8 Å². The van der Waals surface area contributed by atoms with Crippen molar-refractivity contribution in [1.82, 2.24) is 0 Å². The molecular weight excluding hydrogens is 172 g/mol. The molecule has 0 heterocycles. The molecule has 0 aromatic carbocycles. The van der Waals surface area contributed by atoms with E-state index < -0.39 is 17.9 Å². The predicted octanol–water partition coefficient (Wildman–Crippen LogP) is 0.280. The third-order valence-corrected chi connectivity index (χ3v) is 1.30. The van der Waals surface area contributed by atoms with E-state index in [0.717, 1.165) is 0 Å². The van der Waals surface area contributed by atoms with E-state index >= 15 is 0 Å². The van der Waals surface area contributed by atoms with Gasteiger partial charge in [-0.15, -0.1) is 0 Å². The van der Waals surface area contributed by atoms with E-state index in [1.165, 1.54) is 0 Å². The van der Waals surface area contributed by atoms with Crippen molar-refractivity contribution in [3.8, 4) is 25.1 Å². The van der Waals surface area contributed by atoms with Crippen LogP contribution in [0, 0.1) is 31.0 Å². The molecule has 0 aliphatic rings. The van der Waals surface area contributed by atoms with Gasteiger partial charge in [0, 0.05) is 0 Å². The molecule has 0 aromatic rings. The van der Waals surface area contributed by atoms with E-state index in [0.29, 0.717) is 0 Å². The molecular formula is C9H8O4. The van der Waals surface area contributed by atoms with Crippen molar-refractivity contribution in [2.75, 3.05) is 0 Å². The highest BCUT2D eigenvalue weighted by atomic mass is 16.5. The Bertz CT molecular complexity index is 251. The second-order valence-electron chi connectivity index (χ2n) is 2.04. The maximum Gasteiger partial charge on any atom is 0.334 e. The molecule has 0 saturated heterocycles. The minimum atomic E-state index is -1.05. The molecule has 4 nitrogen and oxygen atoms in total. The summed E-state index contributed by atoms with van der Waals surface area (Å²) in [5.74, 6) is -2.71. The first-order chi connectivity index (χ1) is 6.17. The van der Waals surface area contributed by atoms with Crippen LogP contribution in [-0.4, -0.2) is 11.9 Å². The van der Waals surface area contributed by atoms with Crippen LogP contribution in [0.3, 0.4) is 0 Å². The Kier molecular flexibility index (Phi) is 4.83. The number of hydrogen-bond acceptors (Lipinski definition) is 4. The summed E-state index contributed by atoms with van der Waals surface area (Å²) in [7, 11) is 0. The van der Waals surface area contributed by atoms with E-state index in [1.807, 2.05) is 0 Å². The zero-order valence-electron chi connectivity index (χ0n) is 7.07. The molecule has 4 heteroatoms. The van der Waals surface area contributed by atoms with Crippen LogP contribution in [0.2, 0.25) is 0 Å². The number of terminal acetylenes is 2. The SMILES string of the molecule is C#COC(=O)C(CC)C(=O)OC#C. The summed E-state index contributed by atoms with van der Waals surface area (Å²) < 4.78 is 8.36. The Labute approximate surface area is 76.2 Å². The maximum absolute atomic E-state index is 11.0. The molecule has 0 aliphatic heterocycles. The summed E-state index contributed by atoms with van der Waals surface area (Å²) >= 11 is 0. The second kappa shape index (κ2) is 5.68. The molecule has 0 aliphatic carbocycles. The van der Waals surface area contributed by atoms with Crippen molar-refractivity contribution < 1.29 is 19.1 Å². The lowest BCUT2D eigenvalue weighted by atomic mass is 10.1. The molecule has 0 rings (SSSR count). The van der Waals surface area contributed by atoms with Crippen molar-refractivity contribution in [3.63, 3.8) is 0 Å². The highest BCUT2D eigenvalue weighted by molar-refractivity contribution is 5.95. The van der Waals surface area contributed by atoms with E-state index in [9.17, 15) is 9.59 Å². The number of carbonyl (C=O) groups is 2. The van der Waals surface area contributed by atoms with Gasteiger partial charge in [-0.2, -0.15) is 0 Å². The number of esters is 2. The van der Waals surface area contributed by atoms with Crippen LogP contribution in [0.5, 0.6) is 0 Å². The standard InChI is InChI=1S/C9H8O4/c1-4-7(8(10)12-5-2)9(11)13-6-3/h2-3,7H,4H2,1H3. The topological polar surface area (TPSA) is 52.6 Å². The van der Waals surface area contributed by atoms with Crippen LogP contribution in [0.25, 0.3) is 0 Å². The number of carbonyl (C=O) groups excluding carboxylic acids is 2. The summed E-state index contributed by atoms with van der Waals surface area (Å²) in [6.07, 6.45) is 13.0. The van der Waals surface area contributed by atoms with Gasteiger partial charge in [-0.3, -0.25) is 9.59 Å². The van der Waals surface area contributed by atoms with Crippen LogP contribution in [0.4, 0.5) is 0 Å². The number of ether oxygens (including phenoxy) is 2. The average molecular weight is 180 g/mol. The molecule has 0 atom stereocenters. The fraction of sp³-hybridized carbons (Fsp3) is 0.333. The summed E-state index contributed by atoms with van der Waals surface area (Å²) in [6.45, 7) is 1.61. The Balaban J connectivity index is 4.36. The Morgan fingerprint density at radius 3 is 1.85 bits per heavy atom. The largest absolute Gasteiger partial charge is 0.372 e. The highest BCUT2D eigenvalue weighted by Crippen LogP contribution is 2.07. The molecule has 0 saturated carbocycles. The monoisotopic (exact) mass is 180 g/mol. The highest BCUT2D eigenvalue weighted by Gasteiger charge is 2.27. The summed E-state index contributed by atoms with van der Waals surface area (Å²) in [6, 6.07) is 0. The van der Waals surface area contributed by atoms with Gasteiger partial charge in [-0.25, -0.2) is 0 Å². The van der Waals surface area contributed by atoms with Crippen LogP contribution in [0.15, 0.2) is 0 Å². The van der Waals surface area contributed by atoms with Gasteiger partial charge in [-0.05, 0) is 6.42 Å². The molecule has 0 amide bonds. The van der Waals surface area contributed by atoms with Gasteiger partial charge >= 0.3 is 11.9 Å². The number of rotatable bonds is 3. The Morgan fingerprint density at radius 1 is 1.23 bits per heavy atom. The van der Waals surface area contributed by atoms with Crippen LogP contribution in [-0.2, 0) is 19.1 Å². The normalized spacial score (nSPS) is 8.31. The summed E-state index contributed by atoms with van der Waals surface area (Å²) in [5, 5.41) is 0. The van der Waals surface area contributed by atoms with E-state index in [2.05, 4.69) is 9.47 Å². The molecule has 0 aromatic heterocycles. The van der Waals surface area contributed by atoms with E-state index in [4.69, 9.17) is 12.8 Å². The molecule has 0 spiro atoms. The molecule has 0 bridgehead atoms. The van der Waals surface area contributed by atoms with Crippen LogP contribution >= 0.6 is 0 Å². The van der Waals surface area contributed by atoms with Crippen molar-refractivity contribution in [2.24, 2.45) is 5.92 Å². The molecule has 0 N–H and O–H groups in total. The Hall–Kier alpha value is -1.94. The van der Waals surface area contributed by atoms with Crippen molar-refractivity contribution in [1.29, 1.82) is 0 Å². The molecule has 0 radical (unpaired) electrons. The summed E-state index contributed by atoms with van der Waals surface area (Å²) in [4.78, 5) is 21.9. The van der Waals surface area contributed by atoms with Gasteiger partial charge in [0.2, 0.25) is 0 Å². The van der Waals surface area contributed by atoms with Crippen molar-refractivity contribution in [2.45, 2.75) is 13.3 Å². The van der Waals surface area contributed by atoms with Gasteiger partial charge < -0.3 is 9.47 Å². The molecule has 68 valence electrons. The van der Waals surface area contributed by atoms with Gasteiger partial charge in [0.1, 0.15) is 12.2 Å². The first-order valence-electron chi connectivity index (χ1n) is 3.49. The molecule has 0 fully saturated rings. The van der Waals surface area contributed by atoms with Crippen molar-refractivity contribution in [3.05, 3.63) is 0 Å². The van der Waals surface area contributed by atoms with Gasteiger partial charge in [0.05, 0.1) is 0 Å². The summed E-state index contributed by atoms with van der Waals surface area (Å²) in [5.41, 5.74) is 0. The van der Waals surface area contributed by atoms with Crippen LogP contribution in [0.1, 0.15) is 13.3 Å². The molecule has 13 heavy (non-hydrogen) atoms. The average Bonchev–Trinajstić information content (AvgIpc) is 2.06. The first kappa shape index (κ1) is 11.1. The lowest BCUT2D eigenvalue weighted by Gasteiger charge is -2.06.